The lowest BCUT2D eigenvalue weighted by molar-refractivity contribution is 0.241. The zero-order valence-corrected chi connectivity index (χ0v) is 26.1. The summed E-state index contributed by atoms with van der Waals surface area (Å²) in [6.45, 7) is 9.77. The smallest absolute Gasteiger partial charge is 0.140 e. The fourth-order valence-electron chi connectivity index (χ4n) is 5.92. The molecule has 5 rings (SSSR count). The Morgan fingerprint density at radius 2 is 1.30 bits per heavy atom. The number of hydrogen-bond donors (Lipinski definition) is 0. The van der Waals surface area contributed by atoms with Gasteiger partial charge in [-0.05, 0) is 54.7 Å². The molecular formula is C38H43N3O2. The van der Waals surface area contributed by atoms with Gasteiger partial charge in [0.05, 0.1) is 25.6 Å². The molecule has 0 amide bonds. The van der Waals surface area contributed by atoms with Crippen molar-refractivity contribution < 1.29 is 9.47 Å². The number of imidazole rings is 1. The molecule has 0 saturated heterocycles. The van der Waals surface area contributed by atoms with Crippen LogP contribution in [-0.4, -0.2) is 28.7 Å². The number of hydrogen-bond acceptors (Lipinski definition) is 4. The lowest BCUT2D eigenvalue weighted by atomic mass is 10.0. The first kappa shape index (κ1) is 30.1. The second kappa shape index (κ2) is 14.2. The number of aryl methyl sites for hydroxylation is 2. The highest BCUT2D eigenvalue weighted by molar-refractivity contribution is 5.68. The van der Waals surface area contributed by atoms with Gasteiger partial charge in [-0.15, -0.1) is 0 Å². The zero-order valence-electron chi connectivity index (χ0n) is 26.1. The van der Waals surface area contributed by atoms with Crippen LogP contribution in [0.15, 0.2) is 97.1 Å². The number of rotatable bonds is 13. The van der Waals surface area contributed by atoms with Gasteiger partial charge in [0.2, 0.25) is 0 Å². The highest BCUT2D eigenvalue weighted by atomic mass is 16.5. The zero-order chi connectivity index (χ0) is 30.2. The summed E-state index contributed by atoms with van der Waals surface area (Å²) in [6, 6.07) is 34.2. The molecule has 0 aliphatic heterocycles. The standard InChI is InChI=1S/C38H43N3O2/c1-6-7-22-41-35(36(32-14-10-8-11-15-32)39-38(41)33-16-12-9-13-17-33)27-40(25-30-18-20-34(42-4)21-19-30)26-31-23-28(2)37(43-5)29(3)24-31/h8-21,23-24H,6-7,22,25-27H2,1-5H3. The van der Waals surface area contributed by atoms with E-state index in [0.717, 1.165) is 84.3 Å². The van der Waals surface area contributed by atoms with Gasteiger partial charge in [0, 0.05) is 37.3 Å². The van der Waals surface area contributed by atoms with Crippen molar-refractivity contribution in [2.75, 3.05) is 14.2 Å². The number of ether oxygens (including phenoxy) is 2. The van der Waals surface area contributed by atoms with Crippen LogP contribution < -0.4 is 9.47 Å². The van der Waals surface area contributed by atoms with Crippen LogP contribution in [0.5, 0.6) is 11.5 Å². The molecule has 5 aromatic rings. The summed E-state index contributed by atoms with van der Waals surface area (Å²) in [4.78, 5) is 7.88. The normalized spacial score (nSPS) is 11.2. The Bertz CT molecular complexity index is 1590. The van der Waals surface area contributed by atoms with Crippen LogP contribution in [0.2, 0.25) is 0 Å². The summed E-state index contributed by atoms with van der Waals surface area (Å²) in [5.41, 5.74) is 9.42. The Morgan fingerprint density at radius 1 is 0.698 bits per heavy atom. The van der Waals surface area contributed by atoms with E-state index in [9.17, 15) is 0 Å². The van der Waals surface area contributed by atoms with E-state index < -0.39 is 0 Å². The van der Waals surface area contributed by atoms with Crippen LogP contribution in [0.4, 0.5) is 0 Å². The molecule has 0 atom stereocenters. The first-order chi connectivity index (χ1) is 21.0. The van der Waals surface area contributed by atoms with E-state index in [0.29, 0.717) is 0 Å². The van der Waals surface area contributed by atoms with Crippen LogP contribution in [0.25, 0.3) is 22.6 Å². The highest BCUT2D eigenvalue weighted by Crippen LogP contribution is 2.32. The first-order valence-electron chi connectivity index (χ1n) is 15.2. The first-order valence-corrected chi connectivity index (χ1v) is 15.2. The second-order valence-electron chi connectivity index (χ2n) is 11.2. The molecule has 0 N–H and O–H groups in total. The quantitative estimate of drug-likeness (QED) is 0.141. The number of unbranched alkanes of at least 4 members (excludes halogenated alkanes) is 1. The van der Waals surface area contributed by atoms with Crippen molar-refractivity contribution >= 4 is 0 Å². The number of methoxy groups -OCH3 is 2. The minimum absolute atomic E-state index is 0.754. The van der Waals surface area contributed by atoms with Crippen molar-refractivity contribution in [3.8, 4) is 34.1 Å². The summed E-state index contributed by atoms with van der Waals surface area (Å²) in [6.07, 6.45) is 2.21. The van der Waals surface area contributed by atoms with Gasteiger partial charge >= 0.3 is 0 Å². The summed E-state index contributed by atoms with van der Waals surface area (Å²) >= 11 is 0. The molecule has 5 nitrogen and oxygen atoms in total. The van der Waals surface area contributed by atoms with Gasteiger partial charge in [-0.1, -0.05) is 98.3 Å². The Labute approximate surface area is 256 Å². The third kappa shape index (κ3) is 7.18. The van der Waals surface area contributed by atoms with Crippen molar-refractivity contribution in [1.29, 1.82) is 0 Å². The van der Waals surface area contributed by atoms with Gasteiger partial charge in [0.15, 0.2) is 0 Å². The minimum atomic E-state index is 0.754. The third-order valence-electron chi connectivity index (χ3n) is 7.96. The maximum atomic E-state index is 5.67. The van der Waals surface area contributed by atoms with Crippen molar-refractivity contribution in [2.45, 2.75) is 59.8 Å². The molecule has 5 heteroatoms. The van der Waals surface area contributed by atoms with Crippen molar-refractivity contribution in [3.63, 3.8) is 0 Å². The fourth-order valence-corrected chi connectivity index (χ4v) is 5.92. The van der Waals surface area contributed by atoms with Crippen molar-refractivity contribution in [3.05, 3.63) is 125 Å². The molecule has 0 unspecified atom stereocenters. The maximum absolute atomic E-state index is 5.67. The van der Waals surface area contributed by atoms with Crippen LogP contribution in [0.1, 0.15) is 47.7 Å². The SMILES string of the molecule is CCCCn1c(-c2ccccc2)nc(-c2ccccc2)c1CN(Cc1ccc(OC)cc1)Cc1cc(C)c(OC)c(C)c1. The summed E-state index contributed by atoms with van der Waals surface area (Å²) < 4.78 is 13.6. The highest BCUT2D eigenvalue weighted by Gasteiger charge is 2.22. The lowest BCUT2D eigenvalue weighted by Crippen LogP contribution is -2.25. The number of nitrogens with zero attached hydrogens (tertiary/aromatic N) is 3. The fraction of sp³-hybridized carbons (Fsp3) is 0.289. The molecule has 0 spiro atoms. The molecule has 222 valence electrons. The molecule has 0 aliphatic carbocycles. The Morgan fingerprint density at radius 3 is 1.88 bits per heavy atom. The molecule has 0 radical (unpaired) electrons. The van der Waals surface area contributed by atoms with E-state index in [4.69, 9.17) is 14.5 Å². The number of aromatic nitrogens is 2. The van der Waals surface area contributed by atoms with E-state index in [1.54, 1.807) is 14.2 Å². The summed E-state index contributed by atoms with van der Waals surface area (Å²) in [5.74, 6) is 2.86. The van der Waals surface area contributed by atoms with E-state index in [1.807, 2.05) is 12.1 Å². The van der Waals surface area contributed by atoms with Gasteiger partial charge in [-0.2, -0.15) is 0 Å². The Hall–Kier alpha value is -4.35. The van der Waals surface area contributed by atoms with E-state index in [-0.39, 0.29) is 0 Å². The maximum Gasteiger partial charge on any atom is 0.140 e. The molecule has 43 heavy (non-hydrogen) atoms. The summed E-state index contributed by atoms with van der Waals surface area (Å²) in [7, 11) is 3.46. The summed E-state index contributed by atoms with van der Waals surface area (Å²) in [5, 5.41) is 0. The molecule has 4 aromatic carbocycles. The van der Waals surface area contributed by atoms with Gasteiger partial charge < -0.3 is 14.0 Å². The second-order valence-corrected chi connectivity index (χ2v) is 11.2. The molecule has 0 aliphatic rings. The van der Waals surface area contributed by atoms with Gasteiger partial charge in [-0.25, -0.2) is 4.98 Å². The molecule has 0 bridgehead atoms. The lowest BCUT2D eigenvalue weighted by Gasteiger charge is -2.25. The van der Waals surface area contributed by atoms with Crippen LogP contribution in [0.3, 0.4) is 0 Å². The molecular weight excluding hydrogens is 530 g/mol. The average molecular weight is 574 g/mol. The predicted molar refractivity (Wildman–Crippen MR) is 176 cm³/mol. The van der Waals surface area contributed by atoms with E-state index in [1.165, 1.54) is 16.8 Å². The molecule has 0 saturated carbocycles. The van der Waals surface area contributed by atoms with Gasteiger partial charge in [0.25, 0.3) is 0 Å². The average Bonchev–Trinajstić information content (AvgIpc) is 3.38. The monoisotopic (exact) mass is 573 g/mol. The number of benzene rings is 4. The van der Waals surface area contributed by atoms with Crippen LogP contribution >= 0.6 is 0 Å². The molecule has 1 heterocycles. The van der Waals surface area contributed by atoms with Crippen molar-refractivity contribution in [2.24, 2.45) is 0 Å². The largest absolute Gasteiger partial charge is 0.497 e. The topological polar surface area (TPSA) is 39.5 Å². The Kier molecular flexibility index (Phi) is 9.96. The van der Waals surface area contributed by atoms with Crippen LogP contribution in [0, 0.1) is 13.8 Å². The van der Waals surface area contributed by atoms with Gasteiger partial charge in [0.1, 0.15) is 17.3 Å². The molecule has 1 aromatic heterocycles. The van der Waals surface area contributed by atoms with E-state index >= 15 is 0 Å². The van der Waals surface area contributed by atoms with E-state index in [2.05, 4.69) is 115 Å². The minimum Gasteiger partial charge on any atom is -0.497 e. The predicted octanol–water partition coefficient (Wildman–Crippen LogP) is 8.85. The van der Waals surface area contributed by atoms with Crippen LogP contribution in [-0.2, 0) is 26.2 Å². The molecule has 0 fully saturated rings. The van der Waals surface area contributed by atoms with Crippen molar-refractivity contribution in [1.82, 2.24) is 14.5 Å². The third-order valence-corrected chi connectivity index (χ3v) is 7.96. The van der Waals surface area contributed by atoms with Gasteiger partial charge in [-0.3, -0.25) is 4.90 Å². The Balaban J connectivity index is 1.61.